The zero-order valence-electron chi connectivity index (χ0n) is 15.7. The first-order valence-corrected chi connectivity index (χ1v) is 8.98. The maximum absolute atomic E-state index is 13.2. The maximum atomic E-state index is 13.2. The van der Waals surface area contributed by atoms with Crippen molar-refractivity contribution in [1.29, 1.82) is 0 Å². The van der Waals surface area contributed by atoms with E-state index in [1.54, 1.807) is 18.3 Å². The molecule has 0 aliphatic heterocycles. The molecule has 2 rings (SSSR count). The summed E-state index contributed by atoms with van der Waals surface area (Å²) in [7, 11) is 0. The van der Waals surface area contributed by atoms with Gasteiger partial charge in [-0.1, -0.05) is 13.0 Å². The van der Waals surface area contributed by atoms with Gasteiger partial charge in [-0.25, -0.2) is 4.39 Å². The van der Waals surface area contributed by atoms with E-state index in [9.17, 15) is 4.39 Å². The Morgan fingerprint density at radius 1 is 1.31 bits per heavy atom. The van der Waals surface area contributed by atoms with E-state index in [0.717, 1.165) is 19.0 Å². The van der Waals surface area contributed by atoms with E-state index in [0.29, 0.717) is 24.8 Å². The van der Waals surface area contributed by atoms with Gasteiger partial charge >= 0.3 is 0 Å². The van der Waals surface area contributed by atoms with Gasteiger partial charge in [-0.3, -0.25) is 9.67 Å². The van der Waals surface area contributed by atoms with E-state index >= 15 is 0 Å². The van der Waals surface area contributed by atoms with Crippen LogP contribution in [-0.2, 0) is 6.54 Å². The third-order valence-electron chi connectivity index (χ3n) is 3.65. The van der Waals surface area contributed by atoms with Crippen LogP contribution in [0.5, 0.6) is 5.75 Å². The van der Waals surface area contributed by atoms with Gasteiger partial charge in [0.1, 0.15) is 17.7 Å². The number of nitrogens with one attached hydrogen (secondary N) is 2. The lowest BCUT2D eigenvalue weighted by molar-refractivity contribution is 0.223. The van der Waals surface area contributed by atoms with E-state index in [4.69, 9.17) is 4.74 Å². The highest BCUT2D eigenvalue weighted by molar-refractivity contribution is 5.79. The number of nitrogens with zero attached hydrogens (tertiary/aromatic N) is 3. The van der Waals surface area contributed by atoms with Crippen molar-refractivity contribution in [2.45, 2.75) is 33.4 Å². The summed E-state index contributed by atoms with van der Waals surface area (Å²) in [5.41, 5.74) is 0. The number of hydrogen-bond acceptors (Lipinski definition) is 3. The molecule has 0 saturated carbocycles. The summed E-state index contributed by atoms with van der Waals surface area (Å²) in [5.74, 6) is 1.33. The molecule has 0 saturated heterocycles. The van der Waals surface area contributed by atoms with Crippen LogP contribution in [0.1, 0.15) is 20.8 Å². The number of halogens is 1. The van der Waals surface area contributed by atoms with Crippen molar-refractivity contribution in [1.82, 2.24) is 20.4 Å². The number of hydrogen-bond donors (Lipinski definition) is 2. The third kappa shape index (κ3) is 7.13. The zero-order chi connectivity index (χ0) is 18.8. The Morgan fingerprint density at radius 2 is 2.15 bits per heavy atom. The predicted molar refractivity (Wildman–Crippen MR) is 102 cm³/mol. The smallest absolute Gasteiger partial charge is 0.191 e. The fourth-order valence-corrected chi connectivity index (χ4v) is 2.43. The van der Waals surface area contributed by atoms with Crippen molar-refractivity contribution >= 4 is 5.96 Å². The summed E-state index contributed by atoms with van der Waals surface area (Å²) in [5, 5.41) is 10.7. The molecule has 0 amide bonds. The standard InChI is InChI=1S/C19H28FN5O/c1-4-21-19(22-12-15(2)14-25-10-6-9-24-25)23-13-16(3)26-18-8-5-7-17(20)11-18/h5-11,15-16H,4,12-14H2,1-3H3,(H2,21,22,23). The first kappa shape index (κ1) is 19.8. The van der Waals surface area contributed by atoms with Crippen LogP contribution in [0.25, 0.3) is 0 Å². The average molecular weight is 361 g/mol. The van der Waals surface area contributed by atoms with Crippen molar-refractivity contribution in [3.8, 4) is 5.75 Å². The predicted octanol–water partition coefficient (Wildman–Crippen LogP) is 2.68. The average Bonchev–Trinajstić information content (AvgIpc) is 3.10. The quantitative estimate of drug-likeness (QED) is 0.532. The second-order valence-electron chi connectivity index (χ2n) is 6.32. The Hall–Kier alpha value is -2.57. The van der Waals surface area contributed by atoms with Crippen LogP contribution in [0, 0.1) is 11.7 Å². The summed E-state index contributed by atoms with van der Waals surface area (Å²) in [6.07, 6.45) is 3.61. The molecule has 7 heteroatoms. The molecule has 0 radical (unpaired) electrons. The minimum absolute atomic E-state index is 0.123. The van der Waals surface area contributed by atoms with Crippen LogP contribution >= 0.6 is 0 Å². The zero-order valence-corrected chi connectivity index (χ0v) is 15.7. The number of guanidine groups is 1. The van der Waals surface area contributed by atoms with Gasteiger partial charge in [-0.05, 0) is 38.0 Å². The Kier molecular flexibility index (Phi) is 7.92. The van der Waals surface area contributed by atoms with Crippen LogP contribution in [0.15, 0.2) is 47.7 Å². The van der Waals surface area contributed by atoms with Gasteiger partial charge in [0, 0.05) is 38.1 Å². The molecule has 0 aliphatic carbocycles. The van der Waals surface area contributed by atoms with Gasteiger partial charge in [0.25, 0.3) is 0 Å². The van der Waals surface area contributed by atoms with Gasteiger partial charge in [0.15, 0.2) is 5.96 Å². The Morgan fingerprint density at radius 3 is 2.85 bits per heavy atom. The molecular weight excluding hydrogens is 333 g/mol. The van der Waals surface area contributed by atoms with Crippen LogP contribution in [0.3, 0.4) is 0 Å². The molecule has 2 unspecified atom stereocenters. The summed E-state index contributed by atoms with van der Waals surface area (Å²) in [4.78, 5) is 4.62. The van der Waals surface area contributed by atoms with E-state index in [1.807, 2.05) is 30.8 Å². The first-order valence-electron chi connectivity index (χ1n) is 8.98. The van der Waals surface area contributed by atoms with Crippen LogP contribution in [0.2, 0.25) is 0 Å². The van der Waals surface area contributed by atoms with Gasteiger partial charge in [-0.15, -0.1) is 0 Å². The van der Waals surface area contributed by atoms with Crippen LogP contribution < -0.4 is 15.4 Å². The summed E-state index contributed by atoms with van der Waals surface area (Å²) < 4.78 is 20.8. The van der Waals surface area contributed by atoms with E-state index < -0.39 is 0 Å². The van der Waals surface area contributed by atoms with Crippen molar-refractivity contribution in [3.05, 3.63) is 48.5 Å². The SMILES string of the molecule is CCNC(=NCC(C)Cn1cccn1)NCC(C)Oc1cccc(F)c1. The second kappa shape index (κ2) is 10.4. The highest BCUT2D eigenvalue weighted by atomic mass is 19.1. The fourth-order valence-electron chi connectivity index (χ4n) is 2.43. The Balaban J connectivity index is 1.80. The minimum atomic E-state index is -0.302. The number of rotatable bonds is 9. The minimum Gasteiger partial charge on any atom is -0.489 e. The van der Waals surface area contributed by atoms with Crippen molar-refractivity contribution in [2.24, 2.45) is 10.9 Å². The molecule has 26 heavy (non-hydrogen) atoms. The van der Waals surface area contributed by atoms with Gasteiger partial charge in [0.2, 0.25) is 0 Å². The molecule has 0 spiro atoms. The Bertz CT molecular complexity index is 674. The van der Waals surface area contributed by atoms with Crippen LogP contribution in [0.4, 0.5) is 4.39 Å². The lowest BCUT2D eigenvalue weighted by Gasteiger charge is -2.18. The van der Waals surface area contributed by atoms with Crippen molar-refractivity contribution in [2.75, 3.05) is 19.6 Å². The van der Waals surface area contributed by atoms with Gasteiger partial charge in [0.05, 0.1) is 6.54 Å². The molecule has 6 nitrogen and oxygen atoms in total. The van der Waals surface area contributed by atoms with Gasteiger partial charge < -0.3 is 15.4 Å². The summed E-state index contributed by atoms with van der Waals surface area (Å²) in [6, 6.07) is 8.08. The van der Waals surface area contributed by atoms with Crippen molar-refractivity contribution in [3.63, 3.8) is 0 Å². The normalized spacial score (nSPS) is 13.9. The molecule has 2 aromatic rings. The summed E-state index contributed by atoms with van der Waals surface area (Å²) in [6.45, 7) is 8.96. The largest absolute Gasteiger partial charge is 0.489 e. The van der Waals surface area contributed by atoms with Crippen LogP contribution in [-0.4, -0.2) is 41.5 Å². The highest BCUT2D eigenvalue weighted by Crippen LogP contribution is 2.13. The molecule has 1 heterocycles. The number of benzene rings is 1. The number of aliphatic imine (C=N–C) groups is 1. The lowest BCUT2D eigenvalue weighted by atomic mass is 10.2. The molecule has 0 aliphatic rings. The van der Waals surface area contributed by atoms with Gasteiger partial charge in [-0.2, -0.15) is 5.10 Å². The molecule has 2 N–H and O–H groups in total. The molecular formula is C19H28FN5O. The molecule has 142 valence electrons. The fraction of sp³-hybridized carbons (Fsp3) is 0.474. The molecule has 2 atom stereocenters. The maximum Gasteiger partial charge on any atom is 0.191 e. The van der Waals surface area contributed by atoms with E-state index in [2.05, 4.69) is 27.6 Å². The van der Waals surface area contributed by atoms with E-state index in [1.165, 1.54) is 12.1 Å². The molecule has 0 fully saturated rings. The van der Waals surface area contributed by atoms with E-state index in [-0.39, 0.29) is 11.9 Å². The molecule has 1 aromatic carbocycles. The first-order chi connectivity index (χ1) is 12.6. The third-order valence-corrected chi connectivity index (χ3v) is 3.65. The highest BCUT2D eigenvalue weighted by Gasteiger charge is 2.08. The molecule has 1 aromatic heterocycles. The topological polar surface area (TPSA) is 63.5 Å². The monoisotopic (exact) mass is 361 g/mol. The molecule has 0 bridgehead atoms. The van der Waals surface area contributed by atoms with Crippen molar-refractivity contribution < 1.29 is 9.13 Å². The summed E-state index contributed by atoms with van der Waals surface area (Å²) >= 11 is 0. The number of ether oxygens (including phenoxy) is 1. The second-order valence-corrected chi connectivity index (χ2v) is 6.32. The Labute approximate surface area is 154 Å². The lowest BCUT2D eigenvalue weighted by Crippen LogP contribution is -2.42. The number of aromatic nitrogens is 2.